The normalized spacial score (nSPS) is 23.6. The zero-order valence-electron chi connectivity index (χ0n) is 10.9. The molecule has 5 nitrogen and oxygen atoms in total. The minimum atomic E-state index is -0.918. The molecule has 0 radical (unpaired) electrons. The fourth-order valence-electron chi connectivity index (χ4n) is 2.91. The van der Waals surface area contributed by atoms with Crippen LogP contribution in [0.1, 0.15) is 49.0 Å². The Morgan fingerprint density at radius 3 is 2.74 bits per heavy atom. The zero-order valence-corrected chi connectivity index (χ0v) is 10.9. The van der Waals surface area contributed by atoms with Crippen molar-refractivity contribution in [2.45, 2.75) is 38.6 Å². The summed E-state index contributed by atoms with van der Waals surface area (Å²) in [7, 11) is 0. The number of rotatable bonds is 2. The van der Waals surface area contributed by atoms with Crippen LogP contribution in [-0.2, 0) is 0 Å². The van der Waals surface area contributed by atoms with Crippen LogP contribution in [0.3, 0.4) is 0 Å². The maximum Gasteiger partial charge on any atom is 0.337 e. The Bertz CT molecular complexity index is 612. The van der Waals surface area contributed by atoms with Crippen molar-refractivity contribution in [2.24, 2.45) is 5.92 Å². The first-order chi connectivity index (χ1) is 9.16. The third-order valence-electron chi connectivity index (χ3n) is 4.05. The average molecular weight is 259 g/mol. The van der Waals surface area contributed by atoms with Crippen molar-refractivity contribution in [1.82, 2.24) is 15.0 Å². The summed E-state index contributed by atoms with van der Waals surface area (Å²) in [5, 5.41) is 17.6. The molecule has 0 bridgehead atoms. The molecular weight excluding hydrogens is 242 g/mol. The summed E-state index contributed by atoms with van der Waals surface area (Å²) in [6.45, 7) is 2.26. The summed E-state index contributed by atoms with van der Waals surface area (Å²) >= 11 is 0. The van der Waals surface area contributed by atoms with Gasteiger partial charge in [0.05, 0.1) is 11.6 Å². The Balaban J connectivity index is 2.06. The van der Waals surface area contributed by atoms with Gasteiger partial charge < -0.3 is 5.11 Å². The number of carbonyl (C=O) groups is 1. The Kier molecular flexibility index (Phi) is 2.97. The van der Waals surface area contributed by atoms with Crippen molar-refractivity contribution in [3.05, 3.63) is 23.8 Å². The van der Waals surface area contributed by atoms with Crippen molar-refractivity contribution in [3.63, 3.8) is 0 Å². The first-order valence-corrected chi connectivity index (χ1v) is 6.74. The molecule has 1 aromatic carbocycles. The van der Waals surface area contributed by atoms with Crippen LogP contribution in [0.5, 0.6) is 0 Å². The van der Waals surface area contributed by atoms with Gasteiger partial charge in [-0.2, -0.15) is 0 Å². The van der Waals surface area contributed by atoms with E-state index in [1.165, 1.54) is 12.8 Å². The van der Waals surface area contributed by atoms with Crippen LogP contribution in [0.15, 0.2) is 18.2 Å². The monoisotopic (exact) mass is 259 g/mol. The Hall–Kier alpha value is -1.91. The number of para-hydroxylation sites is 1. The average Bonchev–Trinajstić information content (AvgIpc) is 2.83. The highest BCUT2D eigenvalue weighted by molar-refractivity contribution is 6.00. The molecule has 1 aromatic heterocycles. The molecule has 1 fully saturated rings. The van der Waals surface area contributed by atoms with Crippen LogP contribution >= 0.6 is 0 Å². The Morgan fingerprint density at radius 1 is 1.32 bits per heavy atom. The molecule has 0 atom stereocenters. The van der Waals surface area contributed by atoms with Gasteiger partial charge in [-0.05, 0) is 43.7 Å². The van der Waals surface area contributed by atoms with Crippen LogP contribution < -0.4 is 0 Å². The predicted molar refractivity (Wildman–Crippen MR) is 71.2 cm³/mol. The number of carboxylic acid groups (broad SMARTS) is 1. The van der Waals surface area contributed by atoms with Gasteiger partial charge in [-0.25, -0.2) is 9.48 Å². The molecule has 1 aliphatic carbocycles. The third kappa shape index (κ3) is 2.09. The summed E-state index contributed by atoms with van der Waals surface area (Å²) in [4.78, 5) is 11.3. The summed E-state index contributed by atoms with van der Waals surface area (Å²) in [5.41, 5.74) is 1.62. The van der Waals surface area contributed by atoms with E-state index in [2.05, 4.69) is 17.2 Å². The lowest BCUT2D eigenvalue weighted by Gasteiger charge is -2.26. The molecule has 1 saturated carbocycles. The summed E-state index contributed by atoms with van der Waals surface area (Å²) < 4.78 is 1.82. The lowest BCUT2D eigenvalue weighted by Crippen LogP contribution is -2.18. The van der Waals surface area contributed by atoms with Crippen molar-refractivity contribution in [2.75, 3.05) is 0 Å². The van der Waals surface area contributed by atoms with Crippen LogP contribution in [-0.4, -0.2) is 26.1 Å². The highest BCUT2D eigenvalue weighted by Crippen LogP contribution is 2.33. The molecule has 1 aliphatic rings. The number of carboxylic acids is 1. The molecule has 0 saturated heterocycles. The van der Waals surface area contributed by atoms with Crippen LogP contribution in [0.2, 0.25) is 0 Å². The standard InChI is InChI=1S/C14H17N3O2/c1-9-5-7-10(8-6-9)17-13-11(14(18)19)3-2-4-12(13)15-16-17/h2-4,9-10H,5-8H2,1H3,(H,18,19). The largest absolute Gasteiger partial charge is 0.478 e. The van der Waals surface area contributed by atoms with Crippen LogP contribution in [0, 0.1) is 5.92 Å². The molecule has 1 N–H and O–H groups in total. The van der Waals surface area contributed by atoms with E-state index in [-0.39, 0.29) is 6.04 Å². The molecule has 0 amide bonds. The number of hydrogen-bond donors (Lipinski definition) is 1. The summed E-state index contributed by atoms with van der Waals surface area (Å²) in [6.07, 6.45) is 4.43. The van der Waals surface area contributed by atoms with Gasteiger partial charge in [0.2, 0.25) is 0 Å². The first-order valence-electron chi connectivity index (χ1n) is 6.74. The van der Waals surface area contributed by atoms with Gasteiger partial charge in [0, 0.05) is 0 Å². The van der Waals surface area contributed by atoms with Crippen LogP contribution in [0.4, 0.5) is 0 Å². The van der Waals surface area contributed by atoms with E-state index in [4.69, 9.17) is 0 Å². The van der Waals surface area contributed by atoms with E-state index in [0.29, 0.717) is 16.6 Å². The molecular formula is C14H17N3O2. The lowest BCUT2D eigenvalue weighted by molar-refractivity contribution is 0.0698. The first kappa shape index (κ1) is 12.1. The second-order valence-corrected chi connectivity index (χ2v) is 5.43. The Labute approximate surface area is 111 Å². The molecule has 2 aromatic rings. The molecule has 1 heterocycles. The fourth-order valence-corrected chi connectivity index (χ4v) is 2.91. The van der Waals surface area contributed by atoms with E-state index in [1.54, 1.807) is 12.1 Å². The van der Waals surface area contributed by atoms with Gasteiger partial charge >= 0.3 is 5.97 Å². The predicted octanol–water partition coefficient (Wildman–Crippen LogP) is 2.88. The smallest absolute Gasteiger partial charge is 0.337 e. The van der Waals surface area contributed by atoms with Gasteiger partial charge in [0.25, 0.3) is 0 Å². The van der Waals surface area contributed by atoms with E-state index < -0.39 is 5.97 Å². The molecule has 3 rings (SSSR count). The van der Waals surface area contributed by atoms with Crippen molar-refractivity contribution < 1.29 is 9.90 Å². The third-order valence-corrected chi connectivity index (χ3v) is 4.05. The molecule has 100 valence electrons. The minimum absolute atomic E-state index is 0.279. The summed E-state index contributed by atoms with van der Waals surface area (Å²) in [5.74, 6) is -0.164. The SMILES string of the molecule is CC1CCC(n2nnc3cccc(C(=O)O)c32)CC1. The second-order valence-electron chi connectivity index (χ2n) is 5.43. The van der Waals surface area contributed by atoms with Gasteiger partial charge in [-0.1, -0.05) is 18.2 Å². The van der Waals surface area contributed by atoms with Gasteiger partial charge in [0.15, 0.2) is 0 Å². The Morgan fingerprint density at radius 2 is 2.05 bits per heavy atom. The van der Waals surface area contributed by atoms with Crippen molar-refractivity contribution in [1.29, 1.82) is 0 Å². The summed E-state index contributed by atoms with van der Waals surface area (Å²) in [6, 6.07) is 5.43. The molecule has 19 heavy (non-hydrogen) atoms. The number of nitrogens with zero attached hydrogens (tertiary/aromatic N) is 3. The second kappa shape index (κ2) is 4.64. The fraction of sp³-hybridized carbons (Fsp3) is 0.500. The van der Waals surface area contributed by atoms with Crippen molar-refractivity contribution in [3.8, 4) is 0 Å². The number of aromatic nitrogens is 3. The molecule has 5 heteroatoms. The minimum Gasteiger partial charge on any atom is -0.478 e. The number of fused-ring (bicyclic) bond motifs is 1. The van der Waals surface area contributed by atoms with Gasteiger partial charge in [-0.3, -0.25) is 0 Å². The molecule has 0 spiro atoms. The van der Waals surface area contributed by atoms with E-state index in [0.717, 1.165) is 18.8 Å². The number of hydrogen-bond acceptors (Lipinski definition) is 3. The van der Waals surface area contributed by atoms with Gasteiger partial charge in [0.1, 0.15) is 11.0 Å². The topological polar surface area (TPSA) is 68.0 Å². The highest BCUT2D eigenvalue weighted by Gasteiger charge is 2.24. The lowest BCUT2D eigenvalue weighted by atomic mass is 9.87. The zero-order chi connectivity index (χ0) is 13.4. The maximum absolute atomic E-state index is 11.3. The number of benzene rings is 1. The van der Waals surface area contributed by atoms with E-state index >= 15 is 0 Å². The maximum atomic E-state index is 11.3. The highest BCUT2D eigenvalue weighted by atomic mass is 16.4. The van der Waals surface area contributed by atoms with Gasteiger partial charge in [-0.15, -0.1) is 5.10 Å². The molecule has 0 unspecified atom stereocenters. The quantitative estimate of drug-likeness (QED) is 0.900. The van der Waals surface area contributed by atoms with E-state index in [9.17, 15) is 9.90 Å². The molecule has 0 aliphatic heterocycles. The van der Waals surface area contributed by atoms with Crippen LogP contribution in [0.25, 0.3) is 11.0 Å². The van der Waals surface area contributed by atoms with Crippen molar-refractivity contribution >= 4 is 17.0 Å². The van der Waals surface area contributed by atoms with E-state index in [1.807, 2.05) is 10.7 Å². The number of aromatic carboxylic acids is 1.